The maximum atomic E-state index is 10.5. The van der Waals surface area contributed by atoms with Gasteiger partial charge in [-0.2, -0.15) is 0 Å². The lowest BCUT2D eigenvalue weighted by molar-refractivity contribution is -0.137. The monoisotopic (exact) mass is 328 g/mol. The van der Waals surface area contributed by atoms with Crippen LogP contribution in [0.3, 0.4) is 0 Å². The van der Waals surface area contributed by atoms with Crippen LogP contribution in [0.25, 0.3) is 11.5 Å². The third kappa shape index (κ3) is 4.74. The standard InChI is InChI=1S/C14H14Cl2N2O3/c1-18(3-2-13(19)20)7-12-8-21-14(17-12)9-4-10(15)6-11(16)5-9/h4-6,8H,2-3,7H2,1H3,(H,19,20). The molecule has 1 aromatic heterocycles. The van der Waals surface area contributed by atoms with Crippen LogP contribution in [0.2, 0.25) is 10.0 Å². The zero-order valence-corrected chi connectivity index (χ0v) is 12.9. The molecule has 0 spiro atoms. The summed E-state index contributed by atoms with van der Waals surface area (Å²) in [6.07, 6.45) is 1.63. The molecular weight excluding hydrogens is 315 g/mol. The van der Waals surface area contributed by atoms with Crippen LogP contribution < -0.4 is 0 Å². The lowest BCUT2D eigenvalue weighted by Gasteiger charge is -2.12. The van der Waals surface area contributed by atoms with E-state index in [2.05, 4.69) is 4.98 Å². The van der Waals surface area contributed by atoms with Gasteiger partial charge in [-0.3, -0.25) is 9.69 Å². The molecule has 0 amide bonds. The molecule has 112 valence electrons. The smallest absolute Gasteiger partial charge is 0.304 e. The minimum Gasteiger partial charge on any atom is -0.481 e. The van der Waals surface area contributed by atoms with Gasteiger partial charge in [-0.1, -0.05) is 23.2 Å². The zero-order valence-electron chi connectivity index (χ0n) is 11.3. The van der Waals surface area contributed by atoms with Gasteiger partial charge in [0.1, 0.15) is 6.26 Å². The maximum Gasteiger partial charge on any atom is 0.304 e. The number of carboxylic acids is 1. The highest BCUT2D eigenvalue weighted by molar-refractivity contribution is 6.35. The van der Waals surface area contributed by atoms with Gasteiger partial charge in [0.15, 0.2) is 0 Å². The largest absolute Gasteiger partial charge is 0.481 e. The van der Waals surface area contributed by atoms with E-state index in [1.54, 1.807) is 24.5 Å². The number of rotatable bonds is 6. The van der Waals surface area contributed by atoms with Crippen molar-refractivity contribution in [1.82, 2.24) is 9.88 Å². The second-order valence-electron chi connectivity index (χ2n) is 4.68. The van der Waals surface area contributed by atoms with Gasteiger partial charge in [0.05, 0.1) is 12.1 Å². The Morgan fingerprint density at radius 1 is 1.33 bits per heavy atom. The van der Waals surface area contributed by atoms with Crippen molar-refractivity contribution in [2.75, 3.05) is 13.6 Å². The molecule has 0 aliphatic heterocycles. The summed E-state index contributed by atoms with van der Waals surface area (Å²) >= 11 is 11.9. The van der Waals surface area contributed by atoms with E-state index in [1.165, 1.54) is 0 Å². The molecule has 1 N–H and O–H groups in total. The fraction of sp³-hybridized carbons (Fsp3) is 0.286. The molecule has 1 heterocycles. The summed E-state index contributed by atoms with van der Waals surface area (Å²) in [6.45, 7) is 0.950. The van der Waals surface area contributed by atoms with Gasteiger partial charge in [0, 0.05) is 28.7 Å². The fourth-order valence-electron chi connectivity index (χ4n) is 1.83. The van der Waals surface area contributed by atoms with Gasteiger partial charge in [-0.05, 0) is 25.2 Å². The topological polar surface area (TPSA) is 66.6 Å². The van der Waals surface area contributed by atoms with Crippen molar-refractivity contribution < 1.29 is 14.3 Å². The predicted molar refractivity (Wildman–Crippen MR) is 80.5 cm³/mol. The number of aliphatic carboxylic acids is 1. The Bertz CT molecular complexity index is 623. The molecule has 0 radical (unpaired) electrons. The summed E-state index contributed by atoms with van der Waals surface area (Å²) in [6, 6.07) is 5.07. The summed E-state index contributed by atoms with van der Waals surface area (Å²) in [5, 5.41) is 9.67. The Morgan fingerprint density at radius 2 is 2.00 bits per heavy atom. The predicted octanol–water partition coefficient (Wildman–Crippen LogP) is 3.55. The van der Waals surface area contributed by atoms with E-state index in [-0.39, 0.29) is 6.42 Å². The van der Waals surface area contributed by atoms with Crippen LogP contribution in [-0.2, 0) is 11.3 Å². The van der Waals surface area contributed by atoms with Crippen LogP contribution >= 0.6 is 23.2 Å². The second kappa shape index (κ2) is 6.93. The number of carboxylic acid groups (broad SMARTS) is 1. The second-order valence-corrected chi connectivity index (χ2v) is 5.56. The van der Waals surface area contributed by atoms with Gasteiger partial charge in [-0.15, -0.1) is 0 Å². The van der Waals surface area contributed by atoms with Crippen molar-refractivity contribution in [3.8, 4) is 11.5 Å². The molecular formula is C14H14Cl2N2O3. The highest BCUT2D eigenvalue weighted by atomic mass is 35.5. The van der Waals surface area contributed by atoms with Crippen LogP contribution in [0.1, 0.15) is 12.1 Å². The zero-order chi connectivity index (χ0) is 15.4. The first-order valence-corrected chi connectivity index (χ1v) is 7.01. The highest BCUT2D eigenvalue weighted by Crippen LogP contribution is 2.26. The Kier molecular flexibility index (Phi) is 5.22. The maximum absolute atomic E-state index is 10.5. The Balaban J connectivity index is 2.05. The van der Waals surface area contributed by atoms with Gasteiger partial charge in [0.2, 0.25) is 5.89 Å². The minimum atomic E-state index is -0.823. The van der Waals surface area contributed by atoms with E-state index in [1.807, 2.05) is 11.9 Å². The van der Waals surface area contributed by atoms with Gasteiger partial charge in [0.25, 0.3) is 0 Å². The highest BCUT2D eigenvalue weighted by Gasteiger charge is 2.11. The first-order valence-electron chi connectivity index (χ1n) is 6.25. The van der Waals surface area contributed by atoms with Crippen LogP contribution in [0, 0.1) is 0 Å². The van der Waals surface area contributed by atoms with Crippen molar-refractivity contribution >= 4 is 29.2 Å². The molecule has 21 heavy (non-hydrogen) atoms. The molecule has 0 fully saturated rings. The molecule has 0 unspecified atom stereocenters. The molecule has 1 aromatic carbocycles. The summed E-state index contributed by atoms with van der Waals surface area (Å²) in [5.41, 5.74) is 1.42. The molecule has 0 atom stereocenters. The first-order chi connectivity index (χ1) is 9.94. The molecule has 0 saturated heterocycles. The Hall–Kier alpha value is -1.56. The number of carbonyl (C=O) groups is 1. The van der Waals surface area contributed by atoms with E-state index in [4.69, 9.17) is 32.7 Å². The van der Waals surface area contributed by atoms with Crippen LogP contribution in [0.5, 0.6) is 0 Å². The molecule has 0 aliphatic rings. The van der Waals surface area contributed by atoms with E-state index >= 15 is 0 Å². The van der Waals surface area contributed by atoms with E-state index < -0.39 is 5.97 Å². The minimum absolute atomic E-state index is 0.0884. The summed E-state index contributed by atoms with van der Waals surface area (Å²) in [5.74, 6) is -0.391. The molecule has 2 rings (SSSR count). The van der Waals surface area contributed by atoms with Crippen molar-refractivity contribution in [3.05, 3.63) is 40.2 Å². The summed E-state index contributed by atoms with van der Waals surface area (Å²) in [4.78, 5) is 16.7. The molecule has 7 heteroatoms. The lowest BCUT2D eigenvalue weighted by Crippen LogP contribution is -2.21. The van der Waals surface area contributed by atoms with Crippen LogP contribution in [0.4, 0.5) is 0 Å². The Labute approximate surface area is 132 Å². The van der Waals surface area contributed by atoms with Gasteiger partial charge in [-0.25, -0.2) is 4.98 Å². The number of aromatic nitrogens is 1. The van der Waals surface area contributed by atoms with E-state index in [0.29, 0.717) is 40.3 Å². The molecule has 5 nitrogen and oxygen atoms in total. The van der Waals surface area contributed by atoms with Crippen molar-refractivity contribution in [1.29, 1.82) is 0 Å². The fourth-order valence-corrected chi connectivity index (χ4v) is 2.36. The summed E-state index contributed by atoms with van der Waals surface area (Å²) in [7, 11) is 1.83. The van der Waals surface area contributed by atoms with E-state index in [0.717, 1.165) is 0 Å². The van der Waals surface area contributed by atoms with E-state index in [9.17, 15) is 4.79 Å². The van der Waals surface area contributed by atoms with Crippen LogP contribution in [-0.4, -0.2) is 34.6 Å². The van der Waals surface area contributed by atoms with Gasteiger partial charge >= 0.3 is 5.97 Å². The van der Waals surface area contributed by atoms with Crippen molar-refractivity contribution in [3.63, 3.8) is 0 Å². The number of benzene rings is 1. The first kappa shape index (κ1) is 15.8. The third-order valence-electron chi connectivity index (χ3n) is 2.80. The van der Waals surface area contributed by atoms with Crippen molar-refractivity contribution in [2.24, 2.45) is 0 Å². The van der Waals surface area contributed by atoms with Crippen LogP contribution in [0.15, 0.2) is 28.9 Å². The summed E-state index contributed by atoms with van der Waals surface area (Å²) < 4.78 is 5.42. The van der Waals surface area contributed by atoms with Gasteiger partial charge < -0.3 is 9.52 Å². The molecule has 0 saturated carbocycles. The average molecular weight is 329 g/mol. The molecule has 0 aliphatic carbocycles. The molecule has 0 bridgehead atoms. The molecule has 2 aromatic rings. The number of oxazole rings is 1. The SMILES string of the molecule is CN(CCC(=O)O)Cc1coc(-c2cc(Cl)cc(Cl)c2)n1. The van der Waals surface area contributed by atoms with Crippen molar-refractivity contribution in [2.45, 2.75) is 13.0 Å². The lowest BCUT2D eigenvalue weighted by atomic mass is 10.2. The number of hydrogen-bond acceptors (Lipinski definition) is 4. The normalized spacial score (nSPS) is 11.0. The number of nitrogens with zero attached hydrogens (tertiary/aromatic N) is 2. The third-order valence-corrected chi connectivity index (χ3v) is 3.24. The quantitative estimate of drug-likeness (QED) is 0.878. The number of hydrogen-bond donors (Lipinski definition) is 1. The average Bonchev–Trinajstić information content (AvgIpc) is 2.83. The number of halogens is 2. The Morgan fingerprint density at radius 3 is 2.62 bits per heavy atom.